The van der Waals surface area contributed by atoms with Gasteiger partial charge in [0, 0.05) is 18.6 Å². The summed E-state index contributed by atoms with van der Waals surface area (Å²) in [6.07, 6.45) is 3.55. The Labute approximate surface area is 167 Å². The number of aromatic amines is 1. The number of H-pyrrole nitrogens is 1. The van der Waals surface area contributed by atoms with E-state index in [1.165, 1.54) is 6.08 Å². The molecule has 29 heavy (non-hydrogen) atoms. The van der Waals surface area contributed by atoms with Gasteiger partial charge < -0.3 is 9.72 Å². The SMILES string of the molecule is O=C(/C=C/c1ccc(Cc2nc3ccc(Oc4ccccc4)cc3[nH]2)cc1)NO. The summed E-state index contributed by atoms with van der Waals surface area (Å²) >= 11 is 0. The number of para-hydroxylation sites is 1. The van der Waals surface area contributed by atoms with Crippen LogP contribution in [-0.4, -0.2) is 21.1 Å². The number of hydroxylamine groups is 1. The predicted octanol–water partition coefficient (Wildman–Crippen LogP) is 4.46. The topological polar surface area (TPSA) is 87.2 Å². The Morgan fingerprint density at radius 1 is 1.03 bits per heavy atom. The first kappa shape index (κ1) is 18.5. The highest BCUT2D eigenvalue weighted by Crippen LogP contribution is 2.25. The van der Waals surface area contributed by atoms with Crippen molar-refractivity contribution in [2.24, 2.45) is 0 Å². The second-order valence-electron chi connectivity index (χ2n) is 6.51. The van der Waals surface area contributed by atoms with Gasteiger partial charge in [-0.25, -0.2) is 10.5 Å². The van der Waals surface area contributed by atoms with Gasteiger partial charge in [0.05, 0.1) is 11.0 Å². The predicted molar refractivity (Wildman–Crippen MR) is 111 cm³/mol. The van der Waals surface area contributed by atoms with Crippen LogP contribution >= 0.6 is 0 Å². The highest BCUT2D eigenvalue weighted by molar-refractivity contribution is 5.90. The zero-order chi connectivity index (χ0) is 20.1. The number of fused-ring (bicyclic) bond motifs is 1. The monoisotopic (exact) mass is 385 g/mol. The summed E-state index contributed by atoms with van der Waals surface area (Å²) in [6, 6.07) is 23.2. The fourth-order valence-corrected chi connectivity index (χ4v) is 2.96. The number of aromatic nitrogens is 2. The number of imidazole rings is 1. The Hall–Kier alpha value is -3.90. The zero-order valence-electron chi connectivity index (χ0n) is 15.5. The number of hydrogen-bond donors (Lipinski definition) is 3. The van der Waals surface area contributed by atoms with E-state index in [4.69, 9.17) is 9.94 Å². The molecule has 1 amide bonds. The van der Waals surface area contributed by atoms with Crippen LogP contribution in [0.2, 0.25) is 0 Å². The van der Waals surface area contributed by atoms with E-state index in [9.17, 15) is 4.79 Å². The normalized spacial score (nSPS) is 11.1. The van der Waals surface area contributed by atoms with Crippen LogP contribution in [0, 0.1) is 0 Å². The average molecular weight is 385 g/mol. The third-order valence-corrected chi connectivity index (χ3v) is 4.37. The van der Waals surface area contributed by atoms with Gasteiger partial charge in [-0.1, -0.05) is 42.5 Å². The van der Waals surface area contributed by atoms with Crippen molar-refractivity contribution in [3.8, 4) is 11.5 Å². The number of carbonyl (C=O) groups is 1. The van der Waals surface area contributed by atoms with Crippen LogP contribution in [0.4, 0.5) is 0 Å². The number of amides is 1. The standard InChI is InChI=1S/C23H19N3O3/c27-23(26-28)13-10-16-6-8-17(9-7-16)14-22-24-20-12-11-19(15-21(20)25-22)29-18-4-2-1-3-5-18/h1-13,15,28H,14H2,(H,24,25)(H,26,27)/b13-10+. The minimum absolute atomic E-state index is 0.563. The number of benzene rings is 3. The molecule has 4 aromatic rings. The summed E-state index contributed by atoms with van der Waals surface area (Å²) in [6.45, 7) is 0. The van der Waals surface area contributed by atoms with E-state index < -0.39 is 5.91 Å². The van der Waals surface area contributed by atoms with E-state index in [0.29, 0.717) is 6.42 Å². The Morgan fingerprint density at radius 2 is 1.83 bits per heavy atom. The maximum Gasteiger partial charge on any atom is 0.267 e. The number of carbonyl (C=O) groups excluding carboxylic acids is 1. The molecule has 144 valence electrons. The van der Waals surface area contributed by atoms with Gasteiger partial charge in [-0.05, 0) is 41.5 Å². The number of nitrogens with zero attached hydrogens (tertiary/aromatic N) is 1. The molecule has 0 unspecified atom stereocenters. The van der Waals surface area contributed by atoms with Gasteiger partial charge in [0.1, 0.15) is 17.3 Å². The number of nitrogens with one attached hydrogen (secondary N) is 2. The van der Waals surface area contributed by atoms with Crippen molar-refractivity contribution in [2.45, 2.75) is 6.42 Å². The summed E-state index contributed by atoms with van der Waals surface area (Å²) in [7, 11) is 0. The molecule has 0 aliphatic heterocycles. The van der Waals surface area contributed by atoms with E-state index in [0.717, 1.165) is 39.5 Å². The van der Waals surface area contributed by atoms with Crippen LogP contribution in [0.3, 0.4) is 0 Å². The number of hydrogen-bond acceptors (Lipinski definition) is 4. The fraction of sp³-hybridized carbons (Fsp3) is 0.0435. The molecule has 0 fully saturated rings. The van der Waals surface area contributed by atoms with Crippen LogP contribution in [0.25, 0.3) is 17.1 Å². The molecule has 0 aliphatic carbocycles. The maximum absolute atomic E-state index is 11.0. The number of rotatable bonds is 6. The third kappa shape index (κ3) is 4.69. The van der Waals surface area contributed by atoms with E-state index in [2.05, 4.69) is 9.97 Å². The molecule has 0 saturated heterocycles. The lowest BCUT2D eigenvalue weighted by Crippen LogP contribution is -2.14. The molecule has 3 aromatic carbocycles. The molecular formula is C23H19N3O3. The summed E-state index contributed by atoms with van der Waals surface area (Å²) in [5.74, 6) is 1.84. The molecule has 1 aromatic heterocycles. The molecule has 0 aliphatic rings. The summed E-state index contributed by atoms with van der Waals surface area (Å²) in [4.78, 5) is 19.0. The highest BCUT2D eigenvalue weighted by Gasteiger charge is 2.06. The minimum atomic E-state index is -0.563. The molecule has 0 bridgehead atoms. The van der Waals surface area contributed by atoms with Gasteiger partial charge in [0.2, 0.25) is 0 Å². The quantitative estimate of drug-likeness (QED) is 0.260. The van der Waals surface area contributed by atoms with Crippen LogP contribution in [0.15, 0.2) is 78.9 Å². The van der Waals surface area contributed by atoms with Crippen molar-refractivity contribution < 1.29 is 14.7 Å². The molecule has 0 radical (unpaired) electrons. The van der Waals surface area contributed by atoms with Crippen LogP contribution < -0.4 is 10.2 Å². The second kappa shape index (κ2) is 8.41. The van der Waals surface area contributed by atoms with Crippen LogP contribution in [0.5, 0.6) is 11.5 Å². The summed E-state index contributed by atoms with van der Waals surface area (Å²) in [5.41, 5.74) is 5.32. The smallest absolute Gasteiger partial charge is 0.267 e. The summed E-state index contributed by atoms with van der Waals surface area (Å²) < 4.78 is 5.88. The van der Waals surface area contributed by atoms with Gasteiger partial charge in [-0.15, -0.1) is 0 Å². The maximum atomic E-state index is 11.0. The molecule has 4 rings (SSSR count). The largest absolute Gasteiger partial charge is 0.457 e. The third-order valence-electron chi connectivity index (χ3n) is 4.37. The van der Waals surface area contributed by atoms with Gasteiger partial charge in [0.25, 0.3) is 5.91 Å². The van der Waals surface area contributed by atoms with Gasteiger partial charge in [0.15, 0.2) is 0 Å². The first-order valence-corrected chi connectivity index (χ1v) is 9.12. The lowest BCUT2D eigenvalue weighted by molar-refractivity contribution is -0.124. The van der Waals surface area contributed by atoms with Gasteiger partial charge in [-0.2, -0.15) is 0 Å². The van der Waals surface area contributed by atoms with E-state index in [-0.39, 0.29) is 0 Å². The highest BCUT2D eigenvalue weighted by atomic mass is 16.5. The van der Waals surface area contributed by atoms with Crippen molar-refractivity contribution >= 4 is 23.0 Å². The minimum Gasteiger partial charge on any atom is -0.457 e. The van der Waals surface area contributed by atoms with E-state index in [1.54, 1.807) is 11.6 Å². The van der Waals surface area contributed by atoms with Gasteiger partial charge in [-0.3, -0.25) is 10.0 Å². The van der Waals surface area contributed by atoms with E-state index in [1.807, 2.05) is 72.8 Å². The first-order valence-electron chi connectivity index (χ1n) is 9.12. The lowest BCUT2D eigenvalue weighted by Gasteiger charge is -2.04. The Morgan fingerprint density at radius 3 is 2.59 bits per heavy atom. The molecule has 0 atom stereocenters. The Kier molecular flexibility index (Phi) is 5.36. The fourth-order valence-electron chi connectivity index (χ4n) is 2.96. The Bertz CT molecular complexity index is 1150. The molecule has 0 saturated carbocycles. The van der Waals surface area contributed by atoms with Crippen molar-refractivity contribution in [3.05, 3.63) is 95.8 Å². The van der Waals surface area contributed by atoms with Crippen LogP contribution in [-0.2, 0) is 11.2 Å². The molecule has 6 heteroatoms. The molecule has 1 heterocycles. The van der Waals surface area contributed by atoms with Crippen molar-refractivity contribution in [3.63, 3.8) is 0 Å². The van der Waals surface area contributed by atoms with Crippen LogP contribution in [0.1, 0.15) is 17.0 Å². The van der Waals surface area contributed by atoms with E-state index >= 15 is 0 Å². The van der Waals surface area contributed by atoms with Crippen molar-refractivity contribution in [1.82, 2.24) is 15.4 Å². The average Bonchev–Trinajstić information content (AvgIpc) is 3.15. The van der Waals surface area contributed by atoms with Crippen molar-refractivity contribution in [1.29, 1.82) is 0 Å². The molecule has 3 N–H and O–H groups in total. The summed E-state index contributed by atoms with van der Waals surface area (Å²) in [5, 5.41) is 8.50. The second-order valence-corrected chi connectivity index (χ2v) is 6.51. The Balaban J connectivity index is 1.47. The molecule has 6 nitrogen and oxygen atoms in total. The number of ether oxygens (including phenoxy) is 1. The van der Waals surface area contributed by atoms with Gasteiger partial charge >= 0.3 is 0 Å². The first-order chi connectivity index (χ1) is 14.2. The molecular weight excluding hydrogens is 366 g/mol. The zero-order valence-corrected chi connectivity index (χ0v) is 15.5. The van der Waals surface area contributed by atoms with Crippen molar-refractivity contribution in [2.75, 3.05) is 0 Å². The molecule has 0 spiro atoms. The lowest BCUT2D eigenvalue weighted by atomic mass is 10.1.